The lowest BCUT2D eigenvalue weighted by Gasteiger charge is -2.25. The summed E-state index contributed by atoms with van der Waals surface area (Å²) in [4.78, 5) is 0.204. The molecule has 0 fully saturated rings. The van der Waals surface area contributed by atoms with Crippen molar-refractivity contribution in [3.05, 3.63) is 78.4 Å². The molecule has 0 bridgehead atoms. The van der Waals surface area contributed by atoms with Crippen molar-refractivity contribution >= 4 is 15.7 Å². The van der Waals surface area contributed by atoms with Gasteiger partial charge in [-0.15, -0.1) is 0 Å². The number of anilines is 1. The quantitative estimate of drug-likeness (QED) is 0.556. The maximum atomic E-state index is 13.5. The number of hydrogen-bond acceptors (Lipinski definition) is 5. The normalized spacial score (nSPS) is 11.0. The minimum absolute atomic E-state index is 0.136. The molecule has 3 rings (SSSR count). The van der Waals surface area contributed by atoms with Crippen LogP contribution in [0.25, 0.3) is 0 Å². The van der Waals surface area contributed by atoms with Crippen molar-refractivity contribution in [3.8, 4) is 17.2 Å². The fourth-order valence-corrected chi connectivity index (χ4v) is 4.33. The zero-order valence-corrected chi connectivity index (χ0v) is 17.3. The van der Waals surface area contributed by atoms with Gasteiger partial charge in [-0.3, -0.25) is 4.31 Å². The predicted molar refractivity (Wildman–Crippen MR) is 112 cm³/mol. The van der Waals surface area contributed by atoms with Crippen molar-refractivity contribution in [1.82, 2.24) is 0 Å². The highest BCUT2D eigenvalue weighted by atomic mass is 32.2. The van der Waals surface area contributed by atoms with Gasteiger partial charge < -0.3 is 14.2 Å². The van der Waals surface area contributed by atoms with Gasteiger partial charge in [-0.05, 0) is 29.8 Å². The van der Waals surface area contributed by atoms with Gasteiger partial charge in [-0.25, -0.2) is 8.42 Å². The first-order valence-electron chi connectivity index (χ1n) is 8.91. The molecule has 0 atom stereocenters. The molecule has 0 spiro atoms. The van der Waals surface area contributed by atoms with Crippen LogP contribution >= 0.6 is 0 Å². The number of hydrogen-bond donors (Lipinski definition) is 0. The molecule has 6 nitrogen and oxygen atoms in total. The first-order valence-corrected chi connectivity index (χ1v) is 10.4. The van der Waals surface area contributed by atoms with Crippen LogP contribution in [0.4, 0.5) is 5.69 Å². The van der Waals surface area contributed by atoms with E-state index in [1.165, 1.54) is 18.5 Å². The SMILES string of the molecule is COc1ccc(CN(c2cc(OC)cc(OC)c2)S(=O)(=O)c2ccccc2)cc1. The molecule has 0 aromatic heterocycles. The van der Waals surface area contributed by atoms with Crippen molar-refractivity contribution < 1.29 is 22.6 Å². The van der Waals surface area contributed by atoms with Crippen molar-refractivity contribution in [2.75, 3.05) is 25.6 Å². The Bertz CT molecular complexity index is 1030. The molecule has 3 aromatic carbocycles. The predicted octanol–water partition coefficient (Wildman–Crippen LogP) is 4.11. The maximum absolute atomic E-state index is 13.5. The van der Waals surface area contributed by atoms with Gasteiger partial charge in [0.15, 0.2) is 0 Å². The van der Waals surface area contributed by atoms with Crippen LogP contribution in [0.3, 0.4) is 0 Å². The summed E-state index contributed by atoms with van der Waals surface area (Å²) in [5.74, 6) is 1.71. The third kappa shape index (κ3) is 4.63. The molecule has 0 amide bonds. The van der Waals surface area contributed by atoms with Crippen LogP contribution in [0.2, 0.25) is 0 Å². The van der Waals surface area contributed by atoms with E-state index in [1.54, 1.807) is 67.8 Å². The largest absolute Gasteiger partial charge is 0.497 e. The lowest BCUT2D eigenvalue weighted by Crippen LogP contribution is -2.30. The van der Waals surface area contributed by atoms with E-state index in [2.05, 4.69) is 0 Å². The lowest BCUT2D eigenvalue weighted by molar-refractivity contribution is 0.394. The molecular weight excluding hydrogens is 390 g/mol. The highest BCUT2D eigenvalue weighted by Crippen LogP contribution is 2.33. The number of sulfonamides is 1. The molecular formula is C22H23NO5S. The van der Waals surface area contributed by atoms with E-state index < -0.39 is 10.0 Å². The minimum Gasteiger partial charge on any atom is -0.497 e. The summed E-state index contributed by atoms with van der Waals surface area (Å²) >= 11 is 0. The van der Waals surface area contributed by atoms with E-state index in [0.29, 0.717) is 22.9 Å². The van der Waals surface area contributed by atoms with E-state index in [0.717, 1.165) is 5.56 Å². The Balaban J connectivity index is 2.11. The van der Waals surface area contributed by atoms with E-state index >= 15 is 0 Å². The van der Waals surface area contributed by atoms with Crippen molar-refractivity contribution in [2.45, 2.75) is 11.4 Å². The van der Waals surface area contributed by atoms with Crippen molar-refractivity contribution in [3.63, 3.8) is 0 Å². The smallest absolute Gasteiger partial charge is 0.264 e. The molecule has 0 saturated heterocycles. The molecule has 3 aromatic rings. The summed E-state index contributed by atoms with van der Waals surface area (Å²) in [6, 6.07) is 20.7. The summed E-state index contributed by atoms with van der Waals surface area (Å²) in [5.41, 5.74) is 1.26. The third-order valence-corrected chi connectivity index (χ3v) is 6.23. The molecule has 152 valence electrons. The van der Waals surface area contributed by atoms with E-state index in [4.69, 9.17) is 14.2 Å². The fourth-order valence-electron chi connectivity index (χ4n) is 2.87. The molecule has 0 aliphatic carbocycles. The average molecular weight is 413 g/mol. The second-order valence-electron chi connectivity index (χ2n) is 6.24. The summed E-state index contributed by atoms with van der Waals surface area (Å²) in [7, 11) is 0.812. The second-order valence-corrected chi connectivity index (χ2v) is 8.11. The number of methoxy groups -OCH3 is 3. The summed E-state index contributed by atoms with van der Waals surface area (Å²) < 4.78 is 44.1. The molecule has 0 aliphatic rings. The third-order valence-electron chi connectivity index (χ3n) is 4.44. The van der Waals surface area contributed by atoms with Crippen LogP contribution in [-0.4, -0.2) is 29.7 Å². The standard InChI is InChI=1S/C22H23NO5S/c1-26-19-11-9-17(10-12-19)16-23(29(24,25)22-7-5-4-6-8-22)18-13-20(27-2)15-21(14-18)28-3/h4-15H,16H2,1-3H3. The summed E-state index contributed by atoms with van der Waals surface area (Å²) in [6.07, 6.45) is 0. The highest BCUT2D eigenvalue weighted by molar-refractivity contribution is 7.92. The zero-order valence-electron chi connectivity index (χ0n) is 16.5. The first kappa shape index (κ1) is 20.5. The number of ether oxygens (including phenoxy) is 3. The average Bonchev–Trinajstić information content (AvgIpc) is 2.77. The van der Waals surface area contributed by atoms with Crippen LogP contribution in [0.15, 0.2) is 77.7 Å². The van der Waals surface area contributed by atoms with Gasteiger partial charge in [0.1, 0.15) is 17.2 Å². The van der Waals surface area contributed by atoms with Gasteiger partial charge >= 0.3 is 0 Å². The van der Waals surface area contributed by atoms with Crippen molar-refractivity contribution in [2.24, 2.45) is 0 Å². The summed E-state index contributed by atoms with van der Waals surface area (Å²) in [5, 5.41) is 0. The van der Waals surface area contributed by atoms with Gasteiger partial charge in [0, 0.05) is 18.2 Å². The van der Waals surface area contributed by atoms with E-state index in [-0.39, 0.29) is 11.4 Å². The summed E-state index contributed by atoms with van der Waals surface area (Å²) in [6.45, 7) is 0.136. The first-order chi connectivity index (χ1) is 14.0. The number of nitrogens with zero attached hydrogens (tertiary/aromatic N) is 1. The molecule has 0 heterocycles. The Morgan fingerprint density at radius 2 is 1.28 bits per heavy atom. The monoisotopic (exact) mass is 413 g/mol. The van der Waals surface area contributed by atoms with Gasteiger partial charge in [0.2, 0.25) is 0 Å². The minimum atomic E-state index is -3.83. The van der Waals surface area contributed by atoms with Gasteiger partial charge in [-0.2, -0.15) is 0 Å². The van der Waals surface area contributed by atoms with Gasteiger partial charge in [0.25, 0.3) is 10.0 Å². The van der Waals surface area contributed by atoms with Crippen LogP contribution in [-0.2, 0) is 16.6 Å². The Hall–Kier alpha value is -3.19. The molecule has 29 heavy (non-hydrogen) atoms. The topological polar surface area (TPSA) is 65.1 Å². The molecule has 0 radical (unpaired) electrons. The zero-order chi connectivity index (χ0) is 20.9. The fraction of sp³-hybridized carbons (Fsp3) is 0.182. The van der Waals surface area contributed by atoms with Gasteiger partial charge in [0.05, 0.1) is 38.5 Å². The molecule has 0 unspecified atom stereocenters. The molecule has 0 N–H and O–H groups in total. The van der Waals surface area contributed by atoms with E-state index in [9.17, 15) is 8.42 Å². The highest BCUT2D eigenvalue weighted by Gasteiger charge is 2.26. The number of benzene rings is 3. The van der Waals surface area contributed by atoms with Crippen LogP contribution in [0.1, 0.15) is 5.56 Å². The Kier molecular flexibility index (Phi) is 6.29. The Morgan fingerprint density at radius 1 is 0.724 bits per heavy atom. The molecule has 0 saturated carbocycles. The van der Waals surface area contributed by atoms with E-state index in [1.807, 2.05) is 12.1 Å². The molecule has 7 heteroatoms. The van der Waals surface area contributed by atoms with Crippen LogP contribution < -0.4 is 18.5 Å². The second kappa shape index (κ2) is 8.87. The Labute approximate surface area is 171 Å². The lowest BCUT2D eigenvalue weighted by atomic mass is 10.2. The van der Waals surface area contributed by atoms with Gasteiger partial charge in [-0.1, -0.05) is 30.3 Å². The van der Waals surface area contributed by atoms with Crippen molar-refractivity contribution in [1.29, 1.82) is 0 Å². The number of rotatable bonds is 8. The maximum Gasteiger partial charge on any atom is 0.264 e. The Morgan fingerprint density at radius 3 is 1.79 bits per heavy atom. The molecule has 0 aliphatic heterocycles. The van der Waals surface area contributed by atoms with Crippen LogP contribution in [0, 0.1) is 0 Å². The van der Waals surface area contributed by atoms with Crippen LogP contribution in [0.5, 0.6) is 17.2 Å².